The lowest BCUT2D eigenvalue weighted by molar-refractivity contribution is -0.125. The highest BCUT2D eigenvalue weighted by Crippen LogP contribution is 2.08. The average molecular weight is 175 g/mol. The number of aliphatic hydroxyl groups excluding tert-OH is 1. The van der Waals surface area contributed by atoms with E-state index in [4.69, 9.17) is 10.2 Å². The number of imide groups is 1. The van der Waals surface area contributed by atoms with E-state index < -0.39 is 6.09 Å². The summed E-state index contributed by atoms with van der Waals surface area (Å²) < 4.78 is 0. The number of likely N-dealkylation sites (tertiary alicyclic amines) is 1. The van der Waals surface area contributed by atoms with E-state index in [1.165, 1.54) is 0 Å². The molecular formula is C7H13NO4. The lowest BCUT2D eigenvalue weighted by Gasteiger charge is -2.05. The highest BCUT2D eigenvalue weighted by Gasteiger charge is 2.25. The molecule has 1 fully saturated rings. The van der Waals surface area contributed by atoms with Gasteiger partial charge in [-0.25, -0.2) is 9.69 Å². The van der Waals surface area contributed by atoms with Crippen LogP contribution in [0.1, 0.15) is 19.8 Å². The second-order valence-corrected chi connectivity index (χ2v) is 2.25. The first kappa shape index (κ1) is 10.9. The Kier molecular flexibility index (Phi) is 5.03. The highest BCUT2D eigenvalue weighted by molar-refractivity contribution is 5.92. The number of hydrogen-bond acceptors (Lipinski definition) is 3. The van der Waals surface area contributed by atoms with Gasteiger partial charge < -0.3 is 10.2 Å². The van der Waals surface area contributed by atoms with Crippen LogP contribution in [-0.4, -0.2) is 40.3 Å². The molecule has 0 atom stereocenters. The van der Waals surface area contributed by atoms with Gasteiger partial charge in [0, 0.05) is 19.6 Å². The molecule has 0 aromatic rings. The van der Waals surface area contributed by atoms with Gasteiger partial charge >= 0.3 is 6.09 Å². The topological polar surface area (TPSA) is 77.8 Å². The van der Waals surface area contributed by atoms with Gasteiger partial charge in [-0.1, -0.05) is 0 Å². The van der Waals surface area contributed by atoms with Gasteiger partial charge in [0.2, 0.25) is 5.91 Å². The number of hydrogen-bond donors (Lipinski definition) is 2. The summed E-state index contributed by atoms with van der Waals surface area (Å²) in [6.07, 6.45) is -0.0743. The van der Waals surface area contributed by atoms with Crippen molar-refractivity contribution >= 4 is 12.0 Å². The number of nitrogens with zero attached hydrogens (tertiary/aromatic N) is 1. The van der Waals surface area contributed by atoms with Crippen LogP contribution < -0.4 is 0 Å². The van der Waals surface area contributed by atoms with Crippen molar-refractivity contribution in [1.29, 1.82) is 0 Å². The Balaban J connectivity index is 0.000000354. The Labute approximate surface area is 70.6 Å². The molecule has 0 radical (unpaired) electrons. The van der Waals surface area contributed by atoms with Crippen LogP contribution in [0, 0.1) is 0 Å². The maximum absolute atomic E-state index is 10.6. The molecule has 0 spiro atoms. The molecule has 5 nitrogen and oxygen atoms in total. The zero-order valence-electron chi connectivity index (χ0n) is 6.99. The van der Waals surface area contributed by atoms with Crippen molar-refractivity contribution in [2.75, 3.05) is 13.2 Å². The number of rotatable bonds is 0. The summed E-state index contributed by atoms with van der Waals surface area (Å²) in [4.78, 5) is 21.5. The third-order valence-corrected chi connectivity index (χ3v) is 1.30. The summed E-state index contributed by atoms with van der Waals surface area (Å²) in [7, 11) is 0. The van der Waals surface area contributed by atoms with E-state index in [0.717, 1.165) is 4.90 Å². The van der Waals surface area contributed by atoms with Gasteiger partial charge in [0.05, 0.1) is 0 Å². The minimum atomic E-state index is -1.13. The van der Waals surface area contributed by atoms with E-state index in [0.29, 0.717) is 19.4 Å². The number of carbonyl (C=O) groups is 2. The second kappa shape index (κ2) is 5.54. The van der Waals surface area contributed by atoms with Gasteiger partial charge in [-0.05, 0) is 13.3 Å². The van der Waals surface area contributed by atoms with Crippen molar-refractivity contribution < 1.29 is 19.8 Å². The molecular weight excluding hydrogens is 162 g/mol. The van der Waals surface area contributed by atoms with Crippen LogP contribution in [-0.2, 0) is 4.79 Å². The Bertz CT molecular complexity index is 169. The van der Waals surface area contributed by atoms with Crippen LogP contribution in [0.15, 0.2) is 0 Å². The zero-order chi connectivity index (χ0) is 9.56. The molecule has 1 rings (SSSR count). The van der Waals surface area contributed by atoms with Crippen LogP contribution in [0.5, 0.6) is 0 Å². The Morgan fingerprint density at radius 2 is 2.17 bits per heavy atom. The smallest absolute Gasteiger partial charge is 0.414 e. The molecule has 0 aromatic carbocycles. The largest absolute Gasteiger partial charge is 0.465 e. The lowest BCUT2D eigenvalue weighted by Crippen LogP contribution is -2.29. The van der Waals surface area contributed by atoms with E-state index in [1.807, 2.05) is 0 Å². The Hall–Kier alpha value is -1.10. The SMILES string of the molecule is CCO.O=C(O)N1CCCC1=O. The first-order valence-corrected chi connectivity index (χ1v) is 3.77. The molecule has 2 N–H and O–H groups in total. The molecule has 12 heavy (non-hydrogen) atoms. The predicted molar refractivity (Wildman–Crippen MR) is 41.7 cm³/mol. The van der Waals surface area contributed by atoms with E-state index in [9.17, 15) is 9.59 Å². The molecule has 1 saturated heterocycles. The van der Waals surface area contributed by atoms with Gasteiger partial charge in [-0.3, -0.25) is 4.79 Å². The first-order valence-electron chi connectivity index (χ1n) is 3.77. The molecule has 1 aliphatic rings. The van der Waals surface area contributed by atoms with Crippen LogP contribution in [0.2, 0.25) is 0 Å². The van der Waals surface area contributed by atoms with E-state index in [2.05, 4.69) is 0 Å². The monoisotopic (exact) mass is 175 g/mol. The van der Waals surface area contributed by atoms with Crippen molar-refractivity contribution in [2.45, 2.75) is 19.8 Å². The molecule has 0 bridgehead atoms. The van der Waals surface area contributed by atoms with Crippen molar-refractivity contribution in [3.63, 3.8) is 0 Å². The molecule has 70 valence electrons. The number of amides is 2. The van der Waals surface area contributed by atoms with E-state index in [-0.39, 0.29) is 12.5 Å². The summed E-state index contributed by atoms with van der Waals surface area (Å²) in [5, 5.41) is 15.9. The third-order valence-electron chi connectivity index (χ3n) is 1.30. The van der Waals surface area contributed by atoms with Gasteiger partial charge in [-0.2, -0.15) is 0 Å². The number of carboxylic acid groups (broad SMARTS) is 1. The standard InChI is InChI=1S/C5H7NO3.C2H6O/c7-4-2-1-3-6(4)5(8)9;1-2-3/h1-3H2,(H,8,9);3H,2H2,1H3. The van der Waals surface area contributed by atoms with Crippen molar-refractivity contribution in [1.82, 2.24) is 4.90 Å². The molecule has 1 heterocycles. The Morgan fingerprint density at radius 1 is 1.67 bits per heavy atom. The molecule has 0 aromatic heterocycles. The molecule has 0 aliphatic carbocycles. The molecule has 0 unspecified atom stereocenters. The Morgan fingerprint density at radius 3 is 2.33 bits per heavy atom. The zero-order valence-corrected chi connectivity index (χ0v) is 6.99. The normalized spacial score (nSPS) is 15.5. The molecule has 1 aliphatic heterocycles. The van der Waals surface area contributed by atoms with E-state index >= 15 is 0 Å². The van der Waals surface area contributed by atoms with Crippen molar-refractivity contribution in [3.8, 4) is 0 Å². The van der Waals surface area contributed by atoms with Crippen LogP contribution in [0.4, 0.5) is 4.79 Å². The molecule has 0 saturated carbocycles. The van der Waals surface area contributed by atoms with E-state index in [1.54, 1.807) is 6.92 Å². The molecule has 2 amide bonds. The van der Waals surface area contributed by atoms with Crippen molar-refractivity contribution in [2.24, 2.45) is 0 Å². The maximum Gasteiger partial charge on any atom is 0.414 e. The third kappa shape index (κ3) is 3.34. The molecule has 5 heteroatoms. The van der Waals surface area contributed by atoms with Gasteiger partial charge in [0.25, 0.3) is 0 Å². The van der Waals surface area contributed by atoms with Crippen LogP contribution >= 0.6 is 0 Å². The van der Waals surface area contributed by atoms with Crippen LogP contribution in [0.25, 0.3) is 0 Å². The summed E-state index contributed by atoms with van der Waals surface area (Å²) in [6.45, 7) is 2.30. The highest BCUT2D eigenvalue weighted by atomic mass is 16.4. The fraction of sp³-hybridized carbons (Fsp3) is 0.714. The minimum Gasteiger partial charge on any atom is -0.465 e. The fourth-order valence-corrected chi connectivity index (χ4v) is 0.850. The second-order valence-electron chi connectivity index (χ2n) is 2.25. The maximum atomic E-state index is 10.6. The summed E-state index contributed by atoms with van der Waals surface area (Å²) >= 11 is 0. The quantitative estimate of drug-likeness (QED) is 0.554. The van der Waals surface area contributed by atoms with Gasteiger partial charge in [0.15, 0.2) is 0 Å². The number of carbonyl (C=O) groups excluding carboxylic acids is 1. The van der Waals surface area contributed by atoms with Gasteiger partial charge in [0.1, 0.15) is 0 Å². The minimum absolute atomic E-state index is 0.250. The van der Waals surface area contributed by atoms with Crippen LogP contribution in [0.3, 0.4) is 0 Å². The average Bonchev–Trinajstić information content (AvgIpc) is 2.36. The number of aliphatic hydroxyl groups is 1. The van der Waals surface area contributed by atoms with Gasteiger partial charge in [-0.15, -0.1) is 0 Å². The lowest BCUT2D eigenvalue weighted by atomic mass is 10.4. The summed E-state index contributed by atoms with van der Waals surface area (Å²) in [5.41, 5.74) is 0. The van der Waals surface area contributed by atoms with Crippen molar-refractivity contribution in [3.05, 3.63) is 0 Å². The predicted octanol–water partition coefficient (Wildman–Crippen LogP) is 0.285. The summed E-state index contributed by atoms with van der Waals surface area (Å²) in [5.74, 6) is -0.275. The summed E-state index contributed by atoms with van der Waals surface area (Å²) in [6, 6.07) is 0. The fourth-order valence-electron chi connectivity index (χ4n) is 0.850. The first-order chi connectivity index (χ1) is 5.63.